The van der Waals surface area contributed by atoms with E-state index in [9.17, 15) is 4.79 Å². The van der Waals surface area contributed by atoms with Gasteiger partial charge in [0.15, 0.2) is 0 Å². The average molecular weight is 516 g/mol. The van der Waals surface area contributed by atoms with Crippen LogP contribution in [0.2, 0.25) is 0 Å². The standard InChI is InChI=1S/C30H35N3OS.C2H6/c1-4-24-16-21(2)17-26(24)20-33(3)19-23-9-7-22(8-10-23)11-14-30(34)32-28-18-25(12-13-27(28)31)29-6-5-15-35-29;1-2/h5-15,18,24,26H,2,4,16-17,19-20,31H2,1,3H3,(H,32,34);1-2H3/b14-11+;. The minimum atomic E-state index is -0.201. The van der Waals surface area contributed by atoms with Crippen LogP contribution in [0.15, 0.2) is 78.2 Å². The molecule has 1 aromatic heterocycles. The van der Waals surface area contributed by atoms with E-state index < -0.39 is 0 Å². The number of nitrogen functional groups attached to an aromatic ring is 1. The number of anilines is 2. The number of allylic oxidation sites excluding steroid dienone is 1. The SMILES string of the molecule is C=C1CC(CC)C(CN(C)Cc2ccc(/C=C/C(=O)Nc3cc(-c4cccs4)ccc3N)cc2)C1.CC. The van der Waals surface area contributed by atoms with Gasteiger partial charge in [0, 0.05) is 24.0 Å². The van der Waals surface area contributed by atoms with Gasteiger partial charge >= 0.3 is 0 Å². The van der Waals surface area contributed by atoms with Crippen LogP contribution in [0.3, 0.4) is 0 Å². The molecule has 37 heavy (non-hydrogen) atoms. The van der Waals surface area contributed by atoms with Gasteiger partial charge in [-0.2, -0.15) is 0 Å². The van der Waals surface area contributed by atoms with Gasteiger partial charge < -0.3 is 16.0 Å². The number of nitrogens with one attached hydrogen (secondary N) is 1. The average Bonchev–Trinajstić information content (AvgIpc) is 3.56. The van der Waals surface area contributed by atoms with E-state index in [2.05, 4.69) is 61.1 Å². The Labute approximate surface area is 226 Å². The van der Waals surface area contributed by atoms with Crippen molar-refractivity contribution in [2.45, 2.75) is 46.6 Å². The molecule has 1 aliphatic rings. The highest BCUT2D eigenvalue weighted by atomic mass is 32.1. The van der Waals surface area contributed by atoms with Crippen LogP contribution in [0.25, 0.3) is 16.5 Å². The van der Waals surface area contributed by atoms with Crippen LogP contribution in [0, 0.1) is 11.8 Å². The smallest absolute Gasteiger partial charge is 0.248 e. The molecule has 0 spiro atoms. The fraction of sp³-hybridized carbons (Fsp3) is 0.344. The minimum absolute atomic E-state index is 0.201. The normalized spacial score (nSPS) is 17.2. The molecule has 2 atom stereocenters. The highest BCUT2D eigenvalue weighted by molar-refractivity contribution is 7.13. The Balaban J connectivity index is 0.00000186. The van der Waals surface area contributed by atoms with Crippen molar-refractivity contribution in [3.63, 3.8) is 0 Å². The Morgan fingerprint density at radius 1 is 1.14 bits per heavy atom. The fourth-order valence-electron chi connectivity index (χ4n) is 4.97. The lowest BCUT2D eigenvalue weighted by molar-refractivity contribution is -0.111. The predicted molar refractivity (Wildman–Crippen MR) is 162 cm³/mol. The van der Waals surface area contributed by atoms with E-state index in [4.69, 9.17) is 5.73 Å². The van der Waals surface area contributed by atoms with E-state index in [1.807, 2.05) is 49.6 Å². The van der Waals surface area contributed by atoms with E-state index in [1.165, 1.54) is 30.4 Å². The van der Waals surface area contributed by atoms with Gasteiger partial charge in [0.2, 0.25) is 5.91 Å². The zero-order valence-corrected chi connectivity index (χ0v) is 23.5. The number of carbonyl (C=O) groups excluding carboxylic acids is 1. The number of rotatable bonds is 9. The van der Waals surface area contributed by atoms with Crippen LogP contribution >= 0.6 is 11.3 Å². The van der Waals surface area contributed by atoms with E-state index in [0.29, 0.717) is 11.4 Å². The Morgan fingerprint density at radius 3 is 2.54 bits per heavy atom. The quantitative estimate of drug-likeness (QED) is 0.172. The van der Waals surface area contributed by atoms with Crippen LogP contribution in [0.5, 0.6) is 0 Å². The molecule has 1 aliphatic carbocycles. The first-order valence-electron chi connectivity index (χ1n) is 13.3. The number of thiophene rings is 1. The van der Waals surface area contributed by atoms with Gasteiger partial charge in [-0.3, -0.25) is 4.79 Å². The molecular weight excluding hydrogens is 474 g/mol. The predicted octanol–water partition coefficient (Wildman–Crippen LogP) is 8.10. The van der Waals surface area contributed by atoms with Crippen LogP contribution in [-0.2, 0) is 11.3 Å². The fourth-order valence-corrected chi connectivity index (χ4v) is 5.69. The van der Waals surface area contributed by atoms with Crippen molar-refractivity contribution in [2.75, 3.05) is 24.6 Å². The molecule has 0 radical (unpaired) electrons. The van der Waals surface area contributed by atoms with Crippen LogP contribution in [0.4, 0.5) is 11.4 Å². The summed E-state index contributed by atoms with van der Waals surface area (Å²) in [6.45, 7) is 12.5. The monoisotopic (exact) mass is 515 g/mol. The van der Waals surface area contributed by atoms with Crippen molar-refractivity contribution >= 4 is 34.7 Å². The second-order valence-electron chi connectivity index (χ2n) is 9.63. The van der Waals surface area contributed by atoms with Gasteiger partial charge in [0.1, 0.15) is 0 Å². The Bertz CT molecular complexity index is 1180. The molecule has 3 aromatic rings. The molecule has 1 amide bonds. The molecular formula is C32H41N3OS. The second kappa shape index (κ2) is 14.0. The number of nitrogens with zero attached hydrogens (tertiary/aromatic N) is 1. The first-order chi connectivity index (χ1) is 17.9. The molecule has 3 N–H and O–H groups in total. The van der Waals surface area contributed by atoms with E-state index in [1.54, 1.807) is 17.4 Å². The summed E-state index contributed by atoms with van der Waals surface area (Å²) in [7, 11) is 2.20. The molecule has 0 saturated heterocycles. The molecule has 196 valence electrons. The molecule has 5 heteroatoms. The molecule has 2 unspecified atom stereocenters. The third-order valence-electron chi connectivity index (χ3n) is 6.82. The van der Waals surface area contributed by atoms with Gasteiger partial charge in [0.25, 0.3) is 0 Å². The third kappa shape index (κ3) is 8.17. The summed E-state index contributed by atoms with van der Waals surface area (Å²) < 4.78 is 0. The maximum Gasteiger partial charge on any atom is 0.248 e. The molecule has 0 bridgehead atoms. The van der Waals surface area contributed by atoms with Crippen molar-refractivity contribution in [1.29, 1.82) is 0 Å². The summed E-state index contributed by atoms with van der Waals surface area (Å²) in [6, 6.07) is 18.2. The highest BCUT2D eigenvalue weighted by Gasteiger charge is 2.28. The Morgan fingerprint density at radius 2 is 1.86 bits per heavy atom. The van der Waals surface area contributed by atoms with Gasteiger partial charge in [-0.15, -0.1) is 11.3 Å². The number of nitrogens with two attached hydrogens (primary N) is 1. The lowest BCUT2D eigenvalue weighted by Crippen LogP contribution is -2.27. The van der Waals surface area contributed by atoms with E-state index >= 15 is 0 Å². The Kier molecular flexibility index (Phi) is 10.7. The first-order valence-corrected chi connectivity index (χ1v) is 14.2. The van der Waals surface area contributed by atoms with Crippen molar-refractivity contribution in [3.8, 4) is 10.4 Å². The minimum Gasteiger partial charge on any atom is -0.397 e. The summed E-state index contributed by atoms with van der Waals surface area (Å²) in [5.74, 6) is 1.29. The van der Waals surface area contributed by atoms with Gasteiger partial charge in [-0.05, 0) is 78.1 Å². The largest absolute Gasteiger partial charge is 0.397 e. The van der Waals surface area contributed by atoms with E-state index in [-0.39, 0.29) is 5.91 Å². The summed E-state index contributed by atoms with van der Waals surface area (Å²) in [5.41, 5.74) is 12.0. The van der Waals surface area contributed by atoms with Gasteiger partial charge in [-0.25, -0.2) is 0 Å². The maximum absolute atomic E-state index is 12.5. The van der Waals surface area contributed by atoms with Gasteiger partial charge in [-0.1, -0.05) is 75.7 Å². The van der Waals surface area contributed by atoms with Crippen molar-refractivity contribution in [1.82, 2.24) is 4.90 Å². The van der Waals surface area contributed by atoms with Crippen molar-refractivity contribution < 1.29 is 4.79 Å². The van der Waals surface area contributed by atoms with Crippen molar-refractivity contribution in [3.05, 3.63) is 89.3 Å². The molecule has 2 aromatic carbocycles. The molecule has 4 nitrogen and oxygen atoms in total. The van der Waals surface area contributed by atoms with Crippen LogP contribution in [-0.4, -0.2) is 24.4 Å². The zero-order chi connectivity index (χ0) is 26.8. The third-order valence-corrected chi connectivity index (χ3v) is 7.73. The lowest BCUT2D eigenvalue weighted by atomic mass is 9.93. The summed E-state index contributed by atoms with van der Waals surface area (Å²) in [5, 5.41) is 4.94. The molecule has 4 rings (SSSR count). The molecule has 1 fully saturated rings. The summed E-state index contributed by atoms with van der Waals surface area (Å²) in [4.78, 5) is 16.1. The number of carbonyl (C=O) groups is 1. The number of amides is 1. The van der Waals surface area contributed by atoms with E-state index in [0.717, 1.165) is 40.9 Å². The maximum atomic E-state index is 12.5. The van der Waals surface area contributed by atoms with Crippen LogP contribution in [0.1, 0.15) is 51.2 Å². The molecule has 1 saturated carbocycles. The highest BCUT2D eigenvalue weighted by Crippen LogP contribution is 2.37. The summed E-state index contributed by atoms with van der Waals surface area (Å²) in [6.07, 6.45) is 6.97. The zero-order valence-electron chi connectivity index (χ0n) is 22.7. The number of benzene rings is 2. The first kappa shape index (κ1) is 28.4. The molecule has 1 heterocycles. The number of hydrogen-bond acceptors (Lipinski definition) is 4. The van der Waals surface area contributed by atoms with Gasteiger partial charge in [0.05, 0.1) is 11.4 Å². The van der Waals surface area contributed by atoms with Crippen molar-refractivity contribution in [2.24, 2.45) is 11.8 Å². The lowest BCUT2D eigenvalue weighted by Gasteiger charge is -2.24. The number of hydrogen-bond donors (Lipinski definition) is 2. The Hall–Kier alpha value is -3.15. The molecule has 0 aliphatic heterocycles. The summed E-state index contributed by atoms with van der Waals surface area (Å²) >= 11 is 1.66. The van der Waals surface area contributed by atoms with Crippen LogP contribution < -0.4 is 11.1 Å². The second-order valence-corrected chi connectivity index (χ2v) is 10.6. The topological polar surface area (TPSA) is 58.4 Å².